The van der Waals surface area contributed by atoms with E-state index in [0.29, 0.717) is 11.5 Å². The van der Waals surface area contributed by atoms with Crippen LogP contribution >= 0.6 is 0 Å². The van der Waals surface area contributed by atoms with E-state index in [1.165, 1.54) is 12.8 Å². The number of rotatable bonds is 4. The van der Waals surface area contributed by atoms with Crippen molar-refractivity contribution in [1.29, 1.82) is 5.26 Å². The molecule has 1 saturated carbocycles. The molecule has 1 unspecified atom stereocenters. The predicted molar refractivity (Wildman–Crippen MR) is 58.4 cm³/mol. The van der Waals surface area contributed by atoms with Gasteiger partial charge in [-0.3, -0.25) is 4.90 Å². The number of nitrogens with zero attached hydrogens (tertiary/aromatic N) is 2. The molecule has 0 amide bonds. The van der Waals surface area contributed by atoms with Crippen LogP contribution in [-0.4, -0.2) is 37.2 Å². The van der Waals surface area contributed by atoms with Gasteiger partial charge < -0.3 is 4.74 Å². The van der Waals surface area contributed by atoms with Crippen LogP contribution in [0.4, 0.5) is 0 Å². The van der Waals surface area contributed by atoms with Crippen molar-refractivity contribution in [3.05, 3.63) is 0 Å². The van der Waals surface area contributed by atoms with Gasteiger partial charge in [0.2, 0.25) is 0 Å². The van der Waals surface area contributed by atoms with Gasteiger partial charge in [-0.15, -0.1) is 0 Å². The molecule has 0 N–H and O–H groups in total. The largest absolute Gasteiger partial charge is 0.376 e. The maximum atomic E-state index is 8.78. The molecule has 0 aromatic rings. The molecular weight excluding hydrogens is 188 g/mol. The fourth-order valence-electron chi connectivity index (χ4n) is 2.38. The molecule has 0 radical (unpaired) electrons. The Labute approximate surface area is 92.0 Å². The third kappa shape index (κ3) is 2.70. The molecule has 1 aliphatic carbocycles. The average molecular weight is 208 g/mol. The smallest absolute Gasteiger partial charge is 0.0700 e. The summed E-state index contributed by atoms with van der Waals surface area (Å²) in [6, 6.07) is 2.33. The standard InChI is InChI=1S/C12H20N2O/c1-2-11-9-14(7-8-15-11)10-12(3-4-12)5-6-13/h11H,2-5,7-10H2,1H3. The minimum absolute atomic E-state index is 0.352. The minimum Gasteiger partial charge on any atom is -0.376 e. The zero-order valence-corrected chi connectivity index (χ0v) is 9.54. The average Bonchev–Trinajstić information content (AvgIpc) is 2.99. The molecule has 2 fully saturated rings. The fraction of sp³-hybridized carbons (Fsp3) is 0.917. The Morgan fingerprint density at radius 2 is 2.33 bits per heavy atom. The Balaban J connectivity index is 1.82. The number of ether oxygens (including phenoxy) is 1. The quantitative estimate of drug-likeness (QED) is 0.706. The Morgan fingerprint density at radius 1 is 1.53 bits per heavy atom. The lowest BCUT2D eigenvalue weighted by Crippen LogP contribution is -2.44. The van der Waals surface area contributed by atoms with Gasteiger partial charge in [-0.2, -0.15) is 5.26 Å². The highest BCUT2D eigenvalue weighted by molar-refractivity contribution is 5.01. The molecule has 15 heavy (non-hydrogen) atoms. The van der Waals surface area contributed by atoms with Crippen LogP contribution in [0.3, 0.4) is 0 Å². The summed E-state index contributed by atoms with van der Waals surface area (Å²) >= 11 is 0. The Hall–Kier alpha value is -0.590. The summed E-state index contributed by atoms with van der Waals surface area (Å²) in [5.41, 5.74) is 0.352. The second-order valence-electron chi connectivity index (χ2n) is 4.97. The molecule has 1 aliphatic heterocycles. The zero-order valence-electron chi connectivity index (χ0n) is 9.54. The SMILES string of the molecule is CCC1CN(CC2(CC#N)CC2)CCO1. The normalized spacial score (nSPS) is 29.7. The summed E-state index contributed by atoms with van der Waals surface area (Å²) in [4.78, 5) is 2.49. The lowest BCUT2D eigenvalue weighted by molar-refractivity contribution is -0.0352. The highest BCUT2D eigenvalue weighted by Gasteiger charge is 2.44. The van der Waals surface area contributed by atoms with Gasteiger partial charge in [-0.25, -0.2) is 0 Å². The van der Waals surface area contributed by atoms with E-state index in [1.807, 2.05) is 0 Å². The first kappa shape index (κ1) is 10.9. The van der Waals surface area contributed by atoms with E-state index in [9.17, 15) is 0 Å². The van der Waals surface area contributed by atoms with Gasteiger partial charge in [0.05, 0.1) is 18.8 Å². The van der Waals surface area contributed by atoms with Crippen molar-refractivity contribution in [3.8, 4) is 6.07 Å². The molecule has 2 aliphatic rings. The van der Waals surface area contributed by atoms with Crippen molar-refractivity contribution in [3.63, 3.8) is 0 Å². The molecule has 1 heterocycles. The van der Waals surface area contributed by atoms with Crippen molar-refractivity contribution in [1.82, 2.24) is 4.90 Å². The van der Waals surface area contributed by atoms with E-state index in [-0.39, 0.29) is 0 Å². The summed E-state index contributed by atoms with van der Waals surface area (Å²) in [6.45, 7) is 6.26. The predicted octanol–water partition coefficient (Wildman–Crippen LogP) is 1.79. The molecule has 1 saturated heterocycles. The maximum absolute atomic E-state index is 8.78. The third-order valence-corrected chi connectivity index (χ3v) is 3.65. The Kier molecular flexibility index (Phi) is 3.28. The molecule has 0 aromatic heterocycles. The Morgan fingerprint density at radius 3 is 2.93 bits per heavy atom. The van der Waals surface area contributed by atoms with Gasteiger partial charge >= 0.3 is 0 Å². The van der Waals surface area contributed by atoms with Gasteiger partial charge in [-0.05, 0) is 24.7 Å². The summed E-state index contributed by atoms with van der Waals surface area (Å²) in [6.07, 6.45) is 4.74. The van der Waals surface area contributed by atoms with Crippen LogP contribution in [0.5, 0.6) is 0 Å². The van der Waals surface area contributed by atoms with Gasteiger partial charge in [0, 0.05) is 26.1 Å². The highest BCUT2D eigenvalue weighted by atomic mass is 16.5. The molecule has 84 valence electrons. The topological polar surface area (TPSA) is 36.3 Å². The van der Waals surface area contributed by atoms with Crippen LogP contribution in [0.15, 0.2) is 0 Å². The van der Waals surface area contributed by atoms with Gasteiger partial charge in [0.25, 0.3) is 0 Å². The van der Waals surface area contributed by atoms with E-state index in [0.717, 1.165) is 39.1 Å². The van der Waals surface area contributed by atoms with Crippen LogP contribution in [0.25, 0.3) is 0 Å². The first-order valence-electron chi connectivity index (χ1n) is 5.99. The lowest BCUT2D eigenvalue weighted by Gasteiger charge is -2.34. The summed E-state index contributed by atoms with van der Waals surface area (Å²) in [7, 11) is 0. The van der Waals surface area contributed by atoms with Crippen molar-refractivity contribution in [2.75, 3.05) is 26.2 Å². The van der Waals surface area contributed by atoms with E-state index in [2.05, 4.69) is 17.9 Å². The zero-order chi connectivity index (χ0) is 10.7. The van der Waals surface area contributed by atoms with Crippen LogP contribution in [-0.2, 0) is 4.74 Å². The summed E-state index contributed by atoms with van der Waals surface area (Å²) in [5.74, 6) is 0. The number of morpholine rings is 1. The number of hydrogen-bond donors (Lipinski definition) is 0. The van der Waals surface area contributed by atoms with E-state index in [4.69, 9.17) is 10.00 Å². The maximum Gasteiger partial charge on any atom is 0.0700 e. The highest BCUT2D eigenvalue weighted by Crippen LogP contribution is 2.49. The molecule has 1 atom stereocenters. The van der Waals surface area contributed by atoms with Crippen LogP contribution in [0.2, 0.25) is 0 Å². The molecule has 3 nitrogen and oxygen atoms in total. The molecule has 2 rings (SSSR count). The molecule has 0 bridgehead atoms. The molecule has 0 spiro atoms. The van der Waals surface area contributed by atoms with Gasteiger partial charge in [-0.1, -0.05) is 6.92 Å². The van der Waals surface area contributed by atoms with E-state index >= 15 is 0 Å². The first-order chi connectivity index (χ1) is 7.28. The van der Waals surface area contributed by atoms with E-state index < -0.39 is 0 Å². The van der Waals surface area contributed by atoms with Crippen LogP contribution < -0.4 is 0 Å². The minimum atomic E-state index is 0.352. The van der Waals surface area contributed by atoms with Crippen LogP contribution in [0.1, 0.15) is 32.6 Å². The summed E-state index contributed by atoms with van der Waals surface area (Å²) < 4.78 is 5.65. The fourth-order valence-corrected chi connectivity index (χ4v) is 2.38. The summed E-state index contributed by atoms with van der Waals surface area (Å²) in [5, 5.41) is 8.78. The second kappa shape index (κ2) is 4.51. The molecule has 3 heteroatoms. The second-order valence-corrected chi connectivity index (χ2v) is 4.97. The van der Waals surface area contributed by atoms with Crippen molar-refractivity contribution < 1.29 is 4.74 Å². The van der Waals surface area contributed by atoms with Crippen molar-refractivity contribution in [2.24, 2.45) is 5.41 Å². The van der Waals surface area contributed by atoms with Gasteiger partial charge in [0.15, 0.2) is 0 Å². The van der Waals surface area contributed by atoms with E-state index in [1.54, 1.807) is 0 Å². The lowest BCUT2D eigenvalue weighted by atomic mass is 10.0. The molecule has 0 aromatic carbocycles. The molecular formula is C12H20N2O. The monoisotopic (exact) mass is 208 g/mol. The van der Waals surface area contributed by atoms with Crippen LogP contribution in [0, 0.1) is 16.7 Å². The van der Waals surface area contributed by atoms with Crippen molar-refractivity contribution >= 4 is 0 Å². The first-order valence-corrected chi connectivity index (χ1v) is 5.99. The number of nitriles is 1. The number of hydrogen-bond acceptors (Lipinski definition) is 3. The third-order valence-electron chi connectivity index (χ3n) is 3.65. The Bertz CT molecular complexity index is 255. The van der Waals surface area contributed by atoms with Gasteiger partial charge in [0.1, 0.15) is 0 Å². The van der Waals surface area contributed by atoms with Crippen molar-refractivity contribution in [2.45, 2.75) is 38.7 Å².